The lowest BCUT2D eigenvalue weighted by Crippen LogP contribution is -2.45. The fourth-order valence-electron chi connectivity index (χ4n) is 4.08. The normalized spacial score (nSPS) is 34.1. The summed E-state index contributed by atoms with van der Waals surface area (Å²) in [5.41, 5.74) is 2.72. The van der Waals surface area contributed by atoms with Gasteiger partial charge in [-0.2, -0.15) is 5.10 Å². The molecule has 1 unspecified atom stereocenters. The highest BCUT2D eigenvalue weighted by molar-refractivity contribution is 5.82. The molecule has 1 amide bonds. The van der Waals surface area contributed by atoms with Crippen LogP contribution in [0, 0.1) is 5.92 Å². The third-order valence-electron chi connectivity index (χ3n) is 5.49. The molecule has 1 atom stereocenters. The molecule has 2 N–H and O–H groups in total. The summed E-state index contributed by atoms with van der Waals surface area (Å²) in [6.07, 6.45) is 13.0. The Bertz CT molecular complexity index is 378. The van der Waals surface area contributed by atoms with Gasteiger partial charge >= 0.3 is 0 Å². The quantitative estimate of drug-likeness (QED) is 0.616. The van der Waals surface area contributed by atoms with Gasteiger partial charge in [0.2, 0.25) is 0 Å². The van der Waals surface area contributed by atoms with E-state index in [1.165, 1.54) is 58.0 Å². The summed E-state index contributed by atoms with van der Waals surface area (Å²) in [4.78, 5) is 14.6. The van der Waals surface area contributed by atoms with Gasteiger partial charge in [0.25, 0.3) is 5.91 Å². The zero-order chi connectivity index (χ0) is 15.2. The SMILES string of the molecule is O=C(N/N=C/C1CCC(N2CCCC2)CC1)C1CCCCN1. The van der Waals surface area contributed by atoms with Gasteiger partial charge in [-0.25, -0.2) is 5.43 Å². The first-order valence-corrected chi connectivity index (χ1v) is 9.13. The zero-order valence-electron chi connectivity index (χ0n) is 13.6. The van der Waals surface area contributed by atoms with Crippen molar-refractivity contribution >= 4 is 12.1 Å². The molecule has 22 heavy (non-hydrogen) atoms. The second-order valence-electron chi connectivity index (χ2n) is 7.07. The molecule has 0 radical (unpaired) electrons. The number of amides is 1. The molecule has 2 heterocycles. The van der Waals surface area contributed by atoms with Crippen molar-refractivity contribution in [3.63, 3.8) is 0 Å². The Morgan fingerprint density at radius 3 is 2.50 bits per heavy atom. The molecule has 5 heteroatoms. The predicted octanol–water partition coefficient (Wildman–Crippen LogP) is 1.89. The number of carbonyl (C=O) groups excluding carboxylic acids is 1. The van der Waals surface area contributed by atoms with E-state index in [2.05, 4.69) is 20.7 Å². The van der Waals surface area contributed by atoms with E-state index in [9.17, 15) is 4.79 Å². The van der Waals surface area contributed by atoms with E-state index in [4.69, 9.17) is 0 Å². The molecule has 1 saturated carbocycles. The molecule has 3 rings (SSSR count). The van der Waals surface area contributed by atoms with Crippen molar-refractivity contribution in [2.24, 2.45) is 11.0 Å². The maximum Gasteiger partial charge on any atom is 0.257 e. The lowest BCUT2D eigenvalue weighted by Gasteiger charge is -2.33. The van der Waals surface area contributed by atoms with Gasteiger partial charge < -0.3 is 10.2 Å². The van der Waals surface area contributed by atoms with Crippen molar-refractivity contribution in [2.75, 3.05) is 19.6 Å². The monoisotopic (exact) mass is 306 g/mol. The van der Waals surface area contributed by atoms with Crippen molar-refractivity contribution in [2.45, 2.75) is 69.9 Å². The second kappa shape index (κ2) is 8.06. The van der Waals surface area contributed by atoms with Crippen LogP contribution in [0.15, 0.2) is 5.10 Å². The second-order valence-corrected chi connectivity index (χ2v) is 7.07. The summed E-state index contributed by atoms with van der Waals surface area (Å²) in [5.74, 6) is 0.570. The largest absolute Gasteiger partial charge is 0.306 e. The highest BCUT2D eigenvalue weighted by Gasteiger charge is 2.26. The third-order valence-corrected chi connectivity index (χ3v) is 5.49. The van der Waals surface area contributed by atoms with Crippen LogP contribution in [0.4, 0.5) is 0 Å². The van der Waals surface area contributed by atoms with Crippen LogP contribution in [-0.4, -0.2) is 48.7 Å². The Hall–Kier alpha value is -0.940. The summed E-state index contributed by atoms with van der Waals surface area (Å²) in [7, 11) is 0. The van der Waals surface area contributed by atoms with Crippen LogP contribution in [0.25, 0.3) is 0 Å². The lowest BCUT2D eigenvalue weighted by molar-refractivity contribution is -0.123. The molecule has 2 saturated heterocycles. The minimum atomic E-state index is -0.0446. The minimum Gasteiger partial charge on any atom is -0.306 e. The minimum absolute atomic E-state index is 0.0294. The van der Waals surface area contributed by atoms with Gasteiger partial charge in [-0.1, -0.05) is 6.42 Å². The summed E-state index contributed by atoms with van der Waals surface area (Å²) in [6.45, 7) is 3.55. The highest BCUT2D eigenvalue weighted by Crippen LogP contribution is 2.28. The van der Waals surface area contributed by atoms with Gasteiger partial charge in [0.1, 0.15) is 0 Å². The molecular formula is C17H30N4O. The van der Waals surface area contributed by atoms with Crippen molar-refractivity contribution in [1.29, 1.82) is 0 Å². The highest BCUT2D eigenvalue weighted by atomic mass is 16.2. The number of hydrogen-bond donors (Lipinski definition) is 2. The van der Waals surface area contributed by atoms with Crippen LogP contribution in [-0.2, 0) is 4.79 Å². The topological polar surface area (TPSA) is 56.7 Å². The Morgan fingerprint density at radius 2 is 1.82 bits per heavy atom. The third kappa shape index (κ3) is 4.29. The molecule has 0 spiro atoms. The van der Waals surface area contributed by atoms with E-state index in [0.29, 0.717) is 5.92 Å². The Morgan fingerprint density at radius 1 is 1.05 bits per heavy atom. The molecule has 1 aliphatic carbocycles. The number of carbonyl (C=O) groups is 1. The smallest absolute Gasteiger partial charge is 0.257 e. The number of nitrogens with zero attached hydrogens (tertiary/aromatic N) is 2. The number of hydrazone groups is 1. The van der Waals surface area contributed by atoms with Gasteiger partial charge in [0, 0.05) is 12.3 Å². The van der Waals surface area contributed by atoms with Crippen LogP contribution in [0.2, 0.25) is 0 Å². The lowest BCUT2D eigenvalue weighted by atomic mass is 9.86. The maximum atomic E-state index is 12.0. The summed E-state index contributed by atoms with van der Waals surface area (Å²) in [6, 6.07) is 0.755. The Kier molecular flexibility index (Phi) is 5.84. The van der Waals surface area contributed by atoms with E-state index >= 15 is 0 Å². The molecule has 0 aromatic heterocycles. The van der Waals surface area contributed by atoms with E-state index in [0.717, 1.165) is 25.4 Å². The fraction of sp³-hybridized carbons (Fsp3) is 0.882. The van der Waals surface area contributed by atoms with E-state index in [-0.39, 0.29) is 11.9 Å². The van der Waals surface area contributed by atoms with Gasteiger partial charge in [0.15, 0.2) is 0 Å². The van der Waals surface area contributed by atoms with Crippen molar-refractivity contribution in [3.05, 3.63) is 0 Å². The van der Waals surface area contributed by atoms with Gasteiger partial charge in [-0.3, -0.25) is 4.79 Å². The number of likely N-dealkylation sites (tertiary alicyclic amines) is 1. The molecule has 5 nitrogen and oxygen atoms in total. The first-order valence-electron chi connectivity index (χ1n) is 9.13. The fourth-order valence-corrected chi connectivity index (χ4v) is 4.08. The average Bonchev–Trinajstić information content (AvgIpc) is 3.11. The maximum absolute atomic E-state index is 12.0. The number of rotatable bonds is 4. The van der Waals surface area contributed by atoms with Gasteiger partial charge in [0.05, 0.1) is 6.04 Å². The first kappa shape index (κ1) is 15.9. The van der Waals surface area contributed by atoms with Crippen molar-refractivity contribution in [3.8, 4) is 0 Å². The first-order chi connectivity index (χ1) is 10.8. The van der Waals surface area contributed by atoms with Crippen LogP contribution < -0.4 is 10.7 Å². The predicted molar refractivity (Wildman–Crippen MR) is 88.8 cm³/mol. The van der Waals surface area contributed by atoms with Crippen LogP contribution in [0.3, 0.4) is 0 Å². The molecule has 124 valence electrons. The summed E-state index contributed by atoms with van der Waals surface area (Å²) in [5, 5.41) is 7.47. The average molecular weight is 306 g/mol. The standard InChI is InChI=1S/C17H30N4O/c22-17(16-5-1-2-10-18-16)20-19-13-14-6-8-15(9-7-14)21-11-3-4-12-21/h13-16,18H,1-12H2,(H,20,22)/b19-13+. The molecular weight excluding hydrogens is 276 g/mol. The molecule has 3 fully saturated rings. The van der Waals surface area contributed by atoms with Crippen LogP contribution in [0.1, 0.15) is 57.8 Å². The van der Waals surface area contributed by atoms with Crippen molar-refractivity contribution in [1.82, 2.24) is 15.6 Å². The van der Waals surface area contributed by atoms with E-state index < -0.39 is 0 Å². The van der Waals surface area contributed by atoms with Gasteiger partial charge in [-0.05, 0) is 76.9 Å². The summed E-state index contributed by atoms with van der Waals surface area (Å²) >= 11 is 0. The van der Waals surface area contributed by atoms with Crippen molar-refractivity contribution < 1.29 is 4.79 Å². The molecule has 0 aromatic rings. The number of piperidine rings is 1. The number of nitrogens with one attached hydrogen (secondary N) is 2. The van der Waals surface area contributed by atoms with Crippen LogP contribution >= 0.6 is 0 Å². The Balaban J connectivity index is 1.35. The number of hydrogen-bond acceptors (Lipinski definition) is 4. The van der Waals surface area contributed by atoms with Gasteiger partial charge in [-0.15, -0.1) is 0 Å². The van der Waals surface area contributed by atoms with E-state index in [1.807, 2.05) is 6.21 Å². The zero-order valence-corrected chi connectivity index (χ0v) is 13.6. The molecule has 0 aromatic carbocycles. The Labute approximate surface area is 133 Å². The van der Waals surface area contributed by atoms with E-state index in [1.54, 1.807) is 0 Å². The van der Waals surface area contributed by atoms with Crippen LogP contribution in [0.5, 0.6) is 0 Å². The molecule has 2 aliphatic heterocycles. The molecule has 3 aliphatic rings. The molecule has 0 bridgehead atoms. The summed E-state index contributed by atoms with van der Waals surface area (Å²) < 4.78 is 0.